The van der Waals surface area contributed by atoms with Gasteiger partial charge in [-0.05, 0) is 25.7 Å². The first kappa shape index (κ1) is 30.3. The van der Waals surface area contributed by atoms with E-state index in [4.69, 9.17) is 49.1 Å². The molecule has 0 saturated carbocycles. The lowest BCUT2D eigenvalue weighted by Crippen LogP contribution is -2.30. The average Bonchev–Trinajstić information content (AvgIpc) is 2.59. The third kappa shape index (κ3) is 23.5. The van der Waals surface area contributed by atoms with E-state index in [1.807, 2.05) is 6.92 Å². The maximum absolute atomic E-state index is 10.2. The van der Waals surface area contributed by atoms with Crippen LogP contribution in [0.5, 0.6) is 0 Å². The van der Waals surface area contributed by atoms with Gasteiger partial charge in [-0.15, -0.1) is 0 Å². The summed E-state index contributed by atoms with van der Waals surface area (Å²) in [6, 6.07) is -2.40. The van der Waals surface area contributed by atoms with Crippen LogP contribution in [0.25, 0.3) is 0 Å². The number of guanidine groups is 1. The molecule has 1 unspecified atom stereocenters. The fourth-order valence-corrected chi connectivity index (χ4v) is 1.34. The number of hydrogen-bond acceptors (Lipinski definition) is 8. The molecule has 0 heterocycles. The van der Waals surface area contributed by atoms with Gasteiger partial charge >= 0.3 is 17.9 Å². The summed E-state index contributed by atoms with van der Waals surface area (Å²) in [5, 5.41) is 32.8. The fourth-order valence-electron chi connectivity index (χ4n) is 1.34. The van der Waals surface area contributed by atoms with Crippen LogP contribution in [0.1, 0.15) is 39.0 Å². The van der Waals surface area contributed by atoms with Crippen LogP contribution in [0.2, 0.25) is 0 Å². The summed E-state index contributed by atoms with van der Waals surface area (Å²) in [6.45, 7) is 2.15. The number of aliphatic hydroxyl groups is 1. The first-order valence-electron chi connectivity index (χ1n) is 8.51. The van der Waals surface area contributed by atoms with Gasteiger partial charge in [-0.3, -0.25) is 19.4 Å². The van der Waals surface area contributed by atoms with Crippen LogP contribution < -0.4 is 28.7 Å². The van der Waals surface area contributed by atoms with E-state index in [0.29, 0.717) is 25.8 Å². The number of carboxylic acids is 3. The molecule has 0 aliphatic rings. The Balaban J connectivity index is -0.000000347. The highest BCUT2D eigenvalue weighted by molar-refractivity contribution is 5.75. The highest BCUT2D eigenvalue weighted by atomic mass is 16.4. The Bertz CT molecular complexity index is 450. The molecule has 13 heteroatoms. The first-order valence-corrected chi connectivity index (χ1v) is 8.51. The number of rotatable bonds is 11. The van der Waals surface area contributed by atoms with Crippen LogP contribution in [-0.4, -0.2) is 75.6 Å². The molecule has 0 amide bonds. The van der Waals surface area contributed by atoms with E-state index in [1.54, 1.807) is 0 Å². The summed E-state index contributed by atoms with van der Waals surface area (Å²) < 4.78 is 0. The molecule has 166 valence electrons. The van der Waals surface area contributed by atoms with Crippen LogP contribution in [-0.2, 0) is 14.4 Å². The minimum absolute atomic E-state index is 0.0129. The van der Waals surface area contributed by atoms with Crippen LogP contribution in [0, 0.1) is 0 Å². The molecule has 0 saturated heterocycles. The third-order valence-electron chi connectivity index (χ3n) is 2.96. The standard InChI is InChI=1S/C6H14N4O2.C5H11NO2.C4H9NO3/c7-4(5(11)12)2-1-3-10-6(8)9;1-2-3-4(6)5(7)8;5-3(1-2-6)4(7)8/h4H,1-3,7H2,(H,11,12)(H4,8,9,10);4H,2-3,6H2,1H3,(H,7,8);3,6H,1-2,5H2,(H,7,8)/t4-;;3-/m1.1/s1. The molecule has 0 aromatic rings. The van der Waals surface area contributed by atoms with Crippen LogP contribution in [0.15, 0.2) is 4.99 Å². The predicted molar refractivity (Wildman–Crippen MR) is 103 cm³/mol. The molecule has 0 fully saturated rings. The van der Waals surface area contributed by atoms with Gasteiger partial charge in [0.25, 0.3) is 0 Å². The van der Waals surface area contributed by atoms with E-state index in [1.165, 1.54) is 0 Å². The van der Waals surface area contributed by atoms with Gasteiger partial charge in [0.05, 0.1) is 0 Å². The molecular formula is C15H34N6O7. The Morgan fingerprint density at radius 1 is 0.821 bits per heavy atom. The van der Waals surface area contributed by atoms with Crippen molar-refractivity contribution in [3.8, 4) is 0 Å². The second kappa shape index (κ2) is 19.3. The Hall–Kier alpha value is -2.48. The molecule has 14 N–H and O–H groups in total. The van der Waals surface area contributed by atoms with E-state index < -0.39 is 36.0 Å². The average molecular weight is 410 g/mol. The second-order valence-corrected chi connectivity index (χ2v) is 5.58. The van der Waals surface area contributed by atoms with Gasteiger partial charge in [-0.25, -0.2) is 0 Å². The van der Waals surface area contributed by atoms with Crippen molar-refractivity contribution in [1.82, 2.24) is 0 Å². The van der Waals surface area contributed by atoms with Crippen LogP contribution in [0.3, 0.4) is 0 Å². The zero-order valence-electron chi connectivity index (χ0n) is 16.0. The second-order valence-electron chi connectivity index (χ2n) is 5.58. The van der Waals surface area contributed by atoms with E-state index in [-0.39, 0.29) is 19.0 Å². The maximum atomic E-state index is 10.2. The van der Waals surface area contributed by atoms with Crippen molar-refractivity contribution in [2.45, 2.75) is 57.2 Å². The maximum Gasteiger partial charge on any atom is 0.320 e. The summed E-state index contributed by atoms with van der Waals surface area (Å²) >= 11 is 0. The van der Waals surface area contributed by atoms with Gasteiger partial charge in [0.15, 0.2) is 5.96 Å². The Labute approximate surface area is 163 Å². The number of aliphatic carboxylic acids is 3. The Morgan fingerprint density at radius 3 is 1.46 bits per heavy atom. The van der Waals surface area contributed by atoms with Gasteiger partial charge in [0.1, 0.15) is 18.1 Å². The van der Waals surface area contributed by atoms with Crippen molar-refractivity contribution in [1.29, 1.82) is 0 Å². The van der Waals surface area contributed by atoms with Crippen LogP contribution >= 0.6 is 0 Å². The lowest BCUT2D eigenvalue weighted by atomic mass is 10.2. The van der Waals surface area contributed by atoms with E-state index in [9.17, 15) is 14.4 Å². The number of aliphatic hydroxyl groups excluding tert-OH is 1. The first-order chi connectivity index (χ1) is 12.9. The lowest BCUT2D eigenvalue weighted by molar-refractivity contribution is -0.139. The number of carboxylic acid groups (broad SMARTS) is 3. The zero-order chi connectivity index (χ0) is 22.7. The zero-order valence-corrected chi connectivity index (χ0v) is 16.0. The summed E-state index contributed by atoms with van der Waals surface area (Å²) in [5.41, 5.74) is 25.4. The van der Waals surface area contributed by atoms with Gasteiger partial charge in [-0.2, -0.15) is 0 Å². The highest BCUT2D eigenvalue weighted by Crippen LogP contribution is 1.94. The SMILES string of the molecule is CCCC(N)C(=O)O.NC(N)=NCCC[C@@H](N)C(=O)O.N[C@H](CCO)C(=O)O. The van der Waals surface area contributed by atoms with Crippen molar-refractivity contribution < 1.29 is 34.8 Å². The van der Waals surface area contributed by atoms with E-state index in [0.717, 1.165) is 6.42 Å². The quantitative estimate of drug-likeness (QED) is 0.0965. The molecule has 0 bridgehead atoms. The van der Waals surface area contributed by atoms with Gasteiger partial charge in [-0.1, -0.05) is 13.3 Å². The molecule has 0 aromatic carbocycles. The number of nitrogens with zero attached hydrogens (tertiary/aromatic N) is 1. The molecule has 0 radical (unpaired) electrons. The summed E-state index contributed by atoms with van der Waals surface area (Å²) in [7, 11) is 0. The number of nitrogens with two attached hydrogens (primary N) is 5. The molecule has 0 aliphatic carbocycles. The van der Waals surface area contributed by atoms with Gasteiger partial charge in [0.2, 0.25) is 0 Å². The molecular weight excluding hydrogens is 376 g/mol. The predicted octanol–water partition coefficient (Wildman–Crippen LogP) is -2.57. The topological polar surface area (TPSA) is 275 Å². The summed E-state index contributed by atoms with van der Waals surface area (Å²) in [6.07, 6.45) is 2.47. The molecule has 13 nitrogen and oxygen atoms in total. The summed E-state index contributed by atoms with van der Waals surface area (Å²) in [4.78, 5) is 33.7. The van der Waals surface area contributed by atoms with Crippen molar-refractivity contribution in [3.63, 3.8) is 0 Å². The number of aliphatic imine (C=N–C) groups is 1. The van der Waals surface area contributed by atoms with Gasteiger partial charge < -0.3 is 49.1 Å². The largest absolute Gasteiger partial charge is 0.480 e. The lowest BCUT2D eigenvalue weighted by Gasteiger charge is -2.03. The Kier molecular flexibility index (Phi) is 20.8. The molecule has 0 aromatic heterocycles. The smallest absolute Gasteiger partial charge is 0.320 e. The molecule has 0 aliphatic heterocycles. The van der Waals surface area contributed by atoms with Crippen LogP contribution in [0.4, 0.5) is 0 Å². The van der Waals surface area contributed by atoms with E-state index >= 15 is 0 Å². The van der Waals surface area contributed by atoms with Gasteiger partial charge in [0, 0.05) is 13.2 Å². The molecule has 0 rings (SSSR count). The fraction of sp³-hybridized carbons (Fsp3) is 0.733. The van der Waals surface area contributed by atoms with Crippen molar-refractivity contribution in [2.75, 3.05) is 13.2 Å². The molecule has 3 atom stereocenters. The Morgan fingerprint density at radius 2 is 1.21 bits per heavy atom. The highest BCUT2D eigenvalue weighted by Gasteiger charge is 2.10. The third-order valence-corrected chi connectivity index (χ3v) is 2.96. The molecule has 0 spiro atoms. The van der Waals surface area contributed by atoms with Crippen molar-refractivity contribution in [2.24, 2.45) is 33.7 Å². The van der Waals surface area contributed by atoms with Crippen molar-refractivity contribution in [3.05, 3.63) is 0 Å². The monoisotopic (exact) mass is 410 g/mol. The number of hydrogen-bond donors (Lipinski definition) is 9. The number of carbonyl (C=O) groups is 3. The summed E-state index contributed by atoms with van der Waals surface area (Å²) in [5.74, 6) is -2.97. The normalized spacial score (nSPS) is 12.8. The minimum Gasteiger partial charge on any atom is -0.480 e. The minimum atomic E-state index is -1.07. The van der Waals surface area contributed by atoms with Crippen molar-refractivity contribution >= 4 is 23.9 Å². The molecule has 28 heavy (non-hydrogen) atoms. The van der Waals surface area contributed by atoms with E-state index in [2.05, 4.69) is 4.99 Å².